The zero-order valence-electron chi connectivity index (χ0n) is 19.4. The number of ether oxygens (including phenoxy) is 2. The molecule has 0 spiro atoms. The molecule has 1 saturated carbocycles. The van der Waals surface area contributed by atoms with Gasteiger partial charge in [0.05, 0.1) is 25.5 Å². The van der Waals surface area contributed by atoms with Gasteiger partial charge in [-0.25, -0.2) is 9.59 Å². The van der Waals surface area contributed by atoms with E-state index in [-0.39, 0.29) is 27.1 Å². The van der Waals surface area contributed by atoms with Crippen LogP contribution in [0, 0.1) is 12.8 Å². The maximum absolute atomic E-state index is 12.7. The van der Waals surface area contributed by atoms with Crippen molar-refractivity contribution in [2.45, 2.75) is 64.1 Å². The smallest absolute Gasteiger partial charge is 0.348 e. The lowest BCUT2D eigenvalue weighted by atomic mass is 9.87. The van der Waals surface area contributed by atoms with Crippen LogP contribution in [-0.4, -0.2) is 52.6 Å². The summed E-state index contributed by atoms with van der Waals surface area (Å²) in [5.41, 5.74) is 0.576. The van der Waals surface area contributed by atoms with Gasteiger partial charge in [-0.05, 0) is 25.3 Å². The Bertz CT molecular complexity index is 1010. The molecule has 0 saturated heterocycles. The first-order valence-corrected chi connectivity index (χ1v) is 12.8. The number of thioether (sulfide) groups is 1. The molecule has 2 aromatic rings. The SMILES string of the molecule is CCn1c(CC2CCCCC2)nnc1SCC(=O)Nc1sc(C(=O)OC)c(C)c1C(=O)OC. The first-order chi connectivity index (χ1) is 15.9. The normalized spacial score (nSPS) is 14.2. The second kappa shape index (κ2) is 11.6. The van der Waals surface area contributed by atoms with Crippen molar-refractivity contribution in [3.63, 3.8) is 0 Å². The number of hydrogen-bond donors (Lipinski definition) is 1. The molecular formula is C22H30N4O5S2. The van der Waals surface area contributed by atoms with Gasteiger partial charge in [0, 0.05) is 13.0 Å². The van der Waals surface area contributed by atoms with Gasteiger partial charge in [-0.3, -0.25) is 4.79 Å². The molecule has 0 aliphatic heterocycles. The molecular weight excluding hydrogens is 464 g/mol. The first kappa shape index (κ1) is 25.2. The monoisotopic (exact) mass is 494 g/mol. The summed E-state index contributed by atoms with van der Waals surface area (Å²) in [4.78, 5) is 37.2. The number of hydrogen-bond acceptors (Lipinski definition) is 9. The Morgan fingerprint density at radius 3 is 2.45 bits per heavy atom. The molecule has 0 atom stereocenters. The van der Waals surface area contributed by atoms with Crippen molar-refractivity contribution in [3.05, 3.63) is 21.8 Å². The Balaban J connectivity index is 1.68. The maximum atomic E-state index is 12.7. The van der Waals surface area contributed by atoms with Gasteiger partial charge in [0.1, 0.15) is 15.7 Å². The van der Waals surface area contributed by atoms with E-state index in [9.17, 15) is 14.4 Å². The third-order valence-corrected chi connectivity index (χ3v) is 7.95. The van der Waals surface area contributed by atoms with Gasteiger partial charge >= 0.3 is 11.9 Å². The van der Waals surface area contributed by atoms with E-state index in [4.69, 9.17) is 9.47 Å². The minimum atomic E-state index is -0.625. The third-order valence-electron chi connectivity index (χ3n) is 5.80. The fourth-order valence-electron chi connectivity index (χ4n) is 4.07. The number of carbonyl (C=O) groups is 3. The first-order valence-electron chi connectivity index (χ1n) is 11.0. The minimum absolute atomic E-state index is 0.0900. The van der Waals surface area contributed by atoms with Crippen molar-refractivity contribution in [1.82, 2.24) is 14.8 Å². The Morgan fingerprint density at radius 1 is 1.12 bits per heavy atom. The van der Waals surface area contributed by atoms with Crippen molar-refractivity contribution in [2.75, 3.05) is 25.3 Å². The number of nitrogens with zero attached hydrogens (tertiary/aromatic N) is 3. The summed E-state index contributed by atoms with van der Waals surface area (Å²) in [6.45, 7) is 4.40. The Kier molecular flexibility index (Phi) is 8.90. The van der Waals surface area contributed by atoms with Crippen LogP contribution in [0.15, 0.2) is 5.16 Å². The van der Waals surface area contributed by atoms with E-state index >= 15 is 0 Å². The van der Waals surface area contributed by atoms with Gasteiger partial charge in [-0.2, -0.15) is 0 Å². The van der Waals surface area contributed by atoms with Crippen LogP contribution in [0.2, 0.25) is 0 Å². The molecule has 0 radical (unpaired) electrons. The molecule has 0 bridgehead atoms. The van der Waals surface area contributed by atoms with E-state index in [1.807, 2.05) is 6.92 Å². The van der Waals surface area contributed by atoms with E-state index in [1.165, 1.54) is 58.1 Å². The second-order valence-corrected chi connectivity index (χ2v) is 9.89. The molecule has 33 heavy (non-hydrogen) atoms. The van der Waals surface area contributed by atoms with Crippen LogP contribution < -0.4 is 5.32 Å². The van der Waals surface area contributed by atoms with Crippen molar-refractivity contribution in [3.8, 4) is 0 Å². The fourth-order valence-corrected chi connectivity index (χ4v) is 6.02. The average molecular weight is 495 g/mol. The summed E-state index contributed by atoms with van der Waals surface area (Å²) < 4.78 is 11.7. The molecule has 2 aromatic heterocycles. The summed E-state index contributed by atoms with van der Waals surface area (Å²) in [6.07, 6.45) is 7.26. The van der Waals surface area contributed by atoms with Crippen LogP contribution in [0.3, 0.4) is 0 Å². The van der Waals surface area contributed by atoms with Crippen molar-refractivity contribution in [2.24, 2.45) is 5.92 Å². The summed E-state index contributed by atoms with van der Waals surface area (Å²) in [5.74, 6) is 0.197. The number of anilines is 1. The van der Waals surface area contributed by atoms with Crippen LogP contribution >= 0.6 is 23.1 Å². The molecule has 1 N–H and O–H groups in total. The number of amides is 1. The number of carbonyl (C=O) groups excluding carboxylic acids is 3. The lowest BCUT2D eigenvalue weighted by Gasteiger charge is -2.21. The third kappa shape index (κ3) is 5.94. The largest absolute Gasteiger partial charge is 0.465 e. The Labute approximate surface area is 201 Å². The predicted octanol–water partition coefficient (Wildman–Crippen LogP) is 4.09. The molecule has 0 aromatic carbocycles. The highest BCUT2D eigenvalue weighted by atomic mass is 32.2. The van der Waals surface area contributed by atoms with E-state index in [2.05, 4.69) is 20.1 Å². The summed E-state index contributed by atoms with van der Waals surface area (Å²) in [5, 5.41) is 12.4. The van der Waals surface area contributed by atoms with Crippen LogP contribution in [0.5, 0.6) is 0 Å². The standard InChI is InChI=1S/C22H30N4O5S2/c1-5-26-15(11-14-9-7-6-8-10-14)24-25-22(26)32-12-16(27)23-19-17(20(28)30-3)13(2)18(33-19)21(29)31-4/h14H,5-12H2,1-4H3,(H,23,27). The Morgan fingerprint density at radius 2 is 1.82 bits per heavy atom. The van der Waals surface area contributed by atoms with Gasteiger partial charge in [0.15, 0.2) is 5.16 Å². The number of aromatic nitrogens is 3. The van der Waals surface area contributed by atoms with Crippen molar-refractivity contribution < 1.29 is 23.9 Å². The molecule has 2 heterocycles. The lowest BCUT2D eigenvalue weighted by molar-refractivity contribution is -0.113. The number of methoxy groups -OCH3 is 2. The molecule has 1 aliphatic carbocycles. The predicted molar refractivity (Wildman–Crippen MR) is 127 cm³/mol. The maximum Gasteiger partial charge on any atom is 0.348 e. The van der Waals surface area contributed by atoms with Gasteiger partial charge in [0.2, 0.25) is 5.91 Å². The molecule has 0 unspecified atom stereocenters. The van der Waals surface area contributed by atoms with Crippen molar-refractivity contribution in [1.29, 1.82) is 0 Å². The summed E-state index contributed by atoms with van der Waals surface area (Å²) in [6, 6.07) is 0. The topological polar surface area (TPSA) is 112 Å². The van der Waals surface area contributed by atoms with Crippen LogP contribution in [0.4, 0.5) is 5.00 Å². The number of rotatable bonds is 9. The van der Waals surface area contributed by atoms with E-state index in [1.54, 1.807) is 6.92 Å². The molecule has 1 fully saturated rings. The highest BCUT2D eigenvalue weighted by Gasteiger charge is 2.27. The second-order valence-electron chi connectivity index (χ2n) is 7.93. The molecule has 3 rings (SSSR count). The molecule has 11 heteroatoms. The molecule has 1 aliphatic rings. The average Bonchev–Trinajstić information content (AvgIpc) is 3.36. The van der Waals surface area contributed by atoms with E-state index in [0.717, 1.165) is 30.1 Å². The highest BCUT2D eigenvalue weighted by molar-refractivity contribution is 7.99. The zero-order valence-corrected chi connectivity index (χ0v) is 21.1. The van der Waals surface area contributed by atoms with Gasteiger partial charge in [0.25, 0.3) is 0 Å². The Hall–Kier alpha value is -2.40. The van der Waals surface area contributed by atoms with Crippen LogP contribution in [0.25, 0.3) is 0 Å². The molecule has 9 nitrogen and oxygen atoms in total. The highest BCUT2D eigenvalue weighted by Crippen LogP contribution is 2.34. The molecule has 180 valence electrons. The van der Waals surface area contributed by atoms with Crippen molar-refractivity contribution >= 4 is 45.9 Å². The lowest BCUT2D eigenvalue weighted by Crippen LogP contribution is -2.17. The van der Waals surface area contributed by atoms with Crippen LogP contribution in [-0.2, 0) is 27.2 Å². The number of thiophene rings is 1. The van der Waals surface area contributed by atoms with Gasteiger partial charge in [-0.1, -0.05) is 43.9 Å². The molecule has 1 amide bonds. The quantitative estimate of drug-likeness (QED) is 0.410. The van der Waals surface area contributed by atoms with Gasteiger partial charge < -0.3 is 19.4 Å². The zero-order chi connectivity index (χ0) is 24.0. The fraction of sp³-hybridized carbons (Fsp3) is 0.591. The van der Waals surface area contributed by atoms with E-state index < -0.39 is 11.9 Å². The summed E-state index contributed by atoms with van der Waals surface area (Å²) >= 11 is 2.29. The number of nitrogens with one attached hydrogen (secondary N) is 1. The van der Waals surface area contributed by atoms with Gasteiger partial charge in [-0.15, -0.1) is 21.5 Å². The van der Waals surface area contributed by atoms with Crippen LogP contribution in [0.1, 0.15) is 70.4 Å². The van der Waals surface area contributed by atoms with E-state index in [0.29, 0.717) is 16.6 Å². The summed E-state index contributed by atoms with van der Waals surface area (Å²) in [7, 11) is 2.52. The minimum Gasteiger partial charge on any atom is -0.465 e. The number of esters is 2.